The molecular formula is C28H50N2O15. The summed E-state index contributed by atoms with van der Waals surface area (Å²) in [6.07, 6.45) is -9.09. The number of unbranched alkanes of at least 4 members (excludes halogenated alkanes) is 3. The Morgan fingerprint density at radius 2 is 1.16 bits per heavy atom. The summed E-state index contributed by atoms with van der Waals surface area (Å²) in [5, 5.41) is 82.8. The fraction of sp³-hybridized carbons (Fsp3) is 0.893. The van der Waals surface area contributed by atoms with Crippen LogP contribution in [0.4, 0.5) is 0 Å². The first-order valence-corrected chi connectivity index (χ1v) is 15.4. The molecule has 0 aromatic rings. The Hall–Kier alpha value is -1.87. The Morgan fingerprint density at radius 3 is 1.62 bits per heavy atom. The van der Waals surface area contributed by atoms with Crippen molar-refractivity contribution in [1.29, 1.82) is 0 Å². The van der Waals surface area contributed by atoms with Crippen molar-refractivity contribution < 1.29 is 74.2 Å². The third-order valence-corrected chi connectivity index (χ3v) is 7.63. The Morgan fingerprint density at radius 1 is 0.667 bits per heavy atom. The Kier molecular flexibility index (Phi) is 18.4. The van der Waals surface area contributed by atoms with Crippen molar-refractivity contribution in [1.82, 2.24) is 10.6 Å². The molecule has 2 amide bonds. The number of rotatable bonds is 21. The minimum absolute atomic E-state index is 0.0920. The first kappa shape index (κ1) is 39.3. The minimum Gasteiger partial charge on any atom is -0.394 e. The van der Waals surface area contributed by atoms with Gasteiger partial charge in [0.25, 0.3) is 0 Å². The van der Waals surface area contributed by atoms with Gasteiger partial charge in [0.05, 0.1) is 19.3 Å². The number of aliphatic hydroxyl groups is 8. The summed E-state index contributed by atoms with van der Waals surface area (Å²) in [4.78, 5) is 35.6. The van der Waals surface area contributed by atoms with E-state index in [0.29, 0.717) is 57.8 Å². The van der Waals surface area contributed by atoms with Gasteiger partial charge in [-0.1, -0.05) is 0 Å². The molecule has 0 bridgehead atoms. The fourth-order valence-corrected chi connectivity index (χ4v) is 4.84. The summed E-state index contributed by atoms with van der Waals surface area (Å²) in [5.41, 5.74) is 0. The van der Waals surface area contributed by atoms with E-state index in [0.717, 1.165) is 0 Å². The highest BCUT2D eigenvalue weighted by Crippen LogP contribution is 2.23. The van der Waals surface area contributed by atoms with E-state index in [4.69, 9.17) is 18.9 Å². The molecule has 0 spiro atoms. The van der Waals surface area contributed by atoms with Crippen LogP contribution in [0.15, 0.2) is 0 Å². The van der Waals surface area contributed by atoms with Gasteiger partial charge in [-0.3, -0.25) is 9.59 Å². The van der Waals surface area contributed by atoms with Crippen LogP contribution < -0.4 is 10.6 Å². The number of nitrogens with one attached hydrogen (secondary N) is 2. The smallest absolute Gasteiger partial charge is 0.220 e. The van der Waals surface area contributed by atoms with Crippen LogP contribution in [0, 0.1) is 0 Å². The second-order valence-corrected chi connectivity index (χ2v) is 11.2. The number of hydrogen-bond donors (Lipinski definition) is 10. The lowest BCUT2D eigenvalue weighted by Gasteiger charge is -2.39. The third-order valence-electron chi connectivity index (χ3n) is 7.63. The van der Waals surface area contributed by atoms with Crippen LogP contribution in [0.25, 0.3) is 0 Å². The van der Waals surface area contributed by atoms with E-state index in [1.54, 1.807) is 0 Å². The van der Waals surface area contributed by atoms with Crippen molar-refractivity contribution in [2.75, 3.05) is 33.0 Å². The average molecular weight is 655 g/mol. The van der Waals surface area contributed by atoms with Crippen LogP contribution in [0.1, 0.15) is 57.8 Å². The molecule has 0 aromatic heterocycles. The summed E-state index contributed by atoms with van der Waals surface area (Å²) < 4.78 is 21.3. The molecule has 17 nitrogen and oxygen atoms in total. The maximum Gasteiger partial charge on any atom is 0.220 e. The van der Waals surface area contributed by atoms with Crippen molar-refractivity contribution in [3.05, 3.63) is 0 Å². The minimum atomic E-state index is -1.53. The van der Waals surface area contributed by atoms with Gasteiger partial charge in [0.1, 0.15) is 55.1 Å². The molecule has 2 aliphatic heterocycles. The van der Waals surface area contributed by atoms with Crippen molar-refractivity contribution >= 4 is 18.1 Å². The van der Waals surface area contributed by atoms with Crippen LogP contribution in [0.3, 0.4) is 0 Å². The SMILES string of the molecule is O=C[C@H](CCCCNC(=O)CCCCOC1OC(CO)C(O)C(O)C1O)NC(=O)CCCCOC1OC(CO)C(O)C(O)C1O. The highest BCUT2D eigenvalue weighted by Gasteiger charge is 2.45. The summed E-state index contributed by atoms with van der Waals surface area (Å²) in [6, 6.07) is -0.665. The van der Waals surface area contributed by atoms with E-state index >= 15 is 0 Å². The van der Waals surface area contributed by atoms with Crippen molar-refractivity contribution in [2.24, 2.45) is 0 Å². The summed E-state index contributed by atoms with van der Waals surface area (Å²) >= 11 is 0. The van der Waals surface area contributed by atoms with E-state index in [1.807, 2.05) is 0 Å². The monoisotopic (exact) mass is 654 g/mol. The molecule has 2 saturated heterocycles. The number of hydrogen-bond acceptors (Lipinski definition) is 15. The summed E-state index contributed by atoms with van der Waals surface area (Å²) in [7, 11) is 0. The molecule has 17 heteroatoms. The lowest BCUT2D eigenvalue weighted by Crippen LogP contribution is -2.59. The number of aliphatic hydroxyl groups excluding tert-OH is 8. The molecule has 2 fully saturated rings. The van der Waals surface area contributed by atoms with E-state index in [2.05, 4.69) is 10.6 Å². The predicted octanol–water partition coefficient (Wildman–Crippen LogP) is -4.07. The Bertz CT molecular complexity index is 866. The highest BCUT2D eigenvalue weighted by atomic mass is 16.7. The second kappa shape index (κ2) is 21.1. The van der Waals surface area contributed by atoms with Crippen LogP contribution in [-0.2, 0) is 33.3 Å². The number of carbonyl (C=O) groups is 3. The largest absolute Gasteiger partial charge is 0.394 e. The first-order valence-electron chi connectivity index (χ1n) is 15.4. The maximum absolute atomic E-state index is 12.2. The van der Waals surface area contributed by atoms with Gasteiger partial charge in [-0.05, 0) is 44.9 Å². The normalized spacial score (nSPS) is 32.5. The predicted molar refractivity (Wildman–Crippen MR) is 152 cm³/mol. The summed E-state index contributed by atoms with van der Waals surface area (Å²) in [6.45, 7) is -0.490. The van der Waals surface area contributed by atoms with Gasteiger partial charge in [0, 0.05) is 32.6 Å². The zero-order chi connectivity index (χ0) is 33.4. The van der Waals surface area contributed by atoms with Crippen molar-refractivity contribution in [3.8, 4) is 0 Å². The van der Waals surface area contributed by atoms with Crippen LogP contribution >= 0.6 is 0 Å². The molecule has 10 unspecified atom stereocenters. The Labute approximate surface area is 261 Å². The van der Waals surface area contributed by atoms with Gasteiger partial charge in [0.15, 0.2) is 12.6 Å². The maximum atomic E-state index is 12.2. The first-order chi connectivity index (χ1) is 21.5. The van der Waals surface area contributed by atoms with Crippen LogP contribution in [0.5, 0.6) is 0 Å². The fourth-order valence-electron chi connectivity index (χ4n) is 4.84. The third kappa shape index (κ3) is 13.0. The topological polar surface area (TPSA) is 274 Å². The molecule has 0 saturated carbocycles. The molecule has 2 heterocycles. The number of carbonyl (C=O) groups excluding carboxylic acids is 3. The van der Waals surface area contributed by atoms with Crippen molar-refractivity contribution in [2.45, 2.75) is 125 Å². The lowest BCUT2D eigenvalue weighted by atomic mass is 9.99. The van der Waals surface area contributed by atoms with E-state index in [1.165, 1.54) is 0 Å². The zero-order valence-electron chi connectivity index (χ0n) is 25.3. The van der Waals surface area contributed by atoms with Gasteiger partial charge < -0.3 is 75.2 Å². The molecule has 0 aromatic carbocycles. The lowest BCUT2D eigenvalue weighted by molar-refractivity contribution is -0.301. The van der Waals surface area contributed by atoms with E-state index < -0.39 is 80.7 Å². The molecule has 0 aliphatic carbocycles. The average Bonchev–Trinajstić information content (AvgIpc) is 3.03. The molecule has 45 heavy (non-hydrogen) atoms. The van der Waals surface area contributed by atoms with E-state index in [-0.39, 0.29) is 37.9 Å². The summed E-state index contributed by atoms with van der Waals surface area (Å²) in [5.74, 6) is -0.484. The van der Waals surface area contributed by atoms with Gasteiger partial charge in [-0.25, -0.2) is 0 Å². The van der Waals surface area contributed by atoms with Crippen LogP contribution in [-0.4, -0.2) is 159 Å². The van der Waals surface area contributed by atoms with Crippen molar-refractivity contribution in [3.63, 3.8) is 0 Å². The molecule has 2 rings (SSSR count). The number of aldehydes is 1. The molecule has 10 N–H and O–H groups in total. The van der Waals surface area contributed by atoms with Gasteiger partial charge in [0.2, 0.25) is 11.8 Å². The number of ether oxygens (including phenoxy) is 4. The molecule has 0 radical (unpaired) electrons. The molecular weight excluding hydrogens is 604 g/mol. The second-order valence-electron chi connectivity index (χ2n) is 11.2. The molecule has 2 aliphatic rings. The Balaban J connectivity index is 1.48. The zero-order valence-corrected chi connectivity index (χ0v) is 25.3. The standard InChI is InChI=1S/C28H50N2O15/c31-13-16(30-20(35)9-3-6-12-43-28-26(41)24(39)22(37)18(15-33)45-28)7-1-4-10-29-19(34)8-2-5-11-42-27-25(40)23(38)21(36)17(14-32)44-27/h13,16-18,21-28,32-33,36-41H,1-12,14-15H2,(H,29,34)(H,30,35)/t16-,17?,18?,21?,22?,23?,24?,25?,26?,27?,28?/m0/s1. The van der Waals surface area contributed by atoms with Crippen LogP contribution in [0.2, 0.25) is 0 Å². The molecule has 262 valence electrons. The van der Waals surface area contributed by atoms with Gasteiger partial charge in [-0.15, -0.1) is 0 Å². The van der Waals surface area contributed by atoms with E-state index in [9.17, 15) is 55.2 Å². The quantitative estimate of drug-likeness (QED) is 0.0416. The molecule has 11 atom stereocenters. The highest BCUT2D eigenvalue weighted by molar-refractivity contribution is 5.79. The van der Waals surface area contributed by atoms with Gasteiger partial charge >= 0.3 is 0 Å². The number of amides is 2. The van der Waals surface area contributed by atoms with Gasteiger partial charge in [-0.2, -0.15) is 0 Å².